The summed E-state index contributed by atoms with van der Waals surface area (Å²) in [6.07, 6.45) is 9.45. The highest BCUT2D eigenvalue weighted by molar-refractivity contribution is 5.37. The van der Waals surface area contributed by atoms with Gasteiger partial charge in [0.25, 0.3) is 6.47 Å². The Hall–Kier alpha value is -1.51. The zero-order valence-corrected chi connectivity index (χ0v) is 6.60. The van der Waals surface area contributed by atoms with E-state index in [0.29, 0.717) is 19.5 Å². The van der Waals surface area contributed by atoms with E-state index in [4.69, 9.17) is 4.74 Å². The van der Waals surface area contributed by atoms with Gasteiger partial charge in [-0.05, 0) is 17.7 Å². The van der Waals surface area contributed by atoms with Gasteiger partial charge >= 0.3 is 0 Å². The molecule has 0 N–H and O–H groups in total. The third-order valence-corrected chi connectivity index (χ3v) is 1.40. The molecule has 0 saturated heterocycles. The minimum atomic E-state index is 0.410. The largest absolute Gasteiger partial charge is 0.473 e. The second kappa shape index (κ2) is 5.18. The van der Waals surface area contributed by atoms with E-state index in [-0.39, 0.29) is 0 Å². The zero-order chi connectivity index (χ0) is 8.65. The van der Waals surface area contributed by atoms with E-state index in [0.717, 1.165) is 5.57 Å². The predicted octanol–water partition coefficient (Wildman–Crippen LogP) is 1.53. The average Bonchev–Trinajstić information content (AvgIpc) is 2.33. The maximum Gasteiger partial charge on any atom is 0.293 e. The molecule has 0 aromatic rings. The van der Waals surface area contributed by atoms with Gasteiger partial charge in [-0.15, -0.1) is 0 Å². The molecule has 1 rings (SSSR count). The van der Waals surface area contributed by atoms with Gasteiger partial charge in [-0.25, -0.2) is 0 Å². The highest BCUT2D eigenvalue weighted by atomic mass is 16.5. The number of hydrogen-bond acceptors (Lipinski definition) is 3. The van der Waals surface area contributed by atoms with Crippen molar-refractivity contribution in [1.82, 2.24) is 0 Å². The van der Waals surface area contributed by atoms with Crippen LogP contribution in [0.4, 0.5) is 0 Å². The summed E-state index contributed by atoms with van der Waals surface area (Å²) in [5, 5.41) is 0. The van der Waals surface area contributed by atoms with Gasteiger partial charge in [-0.1, -0.05) is 6.08 Å². The highest BCUT2D eigenvalue weighted by Crippen LogP contribution is 2.06. The fourth-order valence-electron chi connectivity index (χ4n) is 0.827. The van der Waals surface area contributed by atoms with Crippen molar-refractivity contribution in [1.29, 1.82) is 0 Å². The van der Waals surface area contributed by atoms with Gasteiger partial charge in [0.05, 0.1) is 19.1 Å². The fourth-order valence-corrected chi connectivity index (χ4v) is 0.827. The Balaban J connectivity index is 2.34. The monoisotopic (exact) mass is 166 g/mol. The smallest absolute Gasteiger partial charge is 0.293 e. The molecule has 0 amide bonds. The summed E-state index contributed by atoms with van der Waals surface area (Å²) in [5.74, 6) is 0. The molecule has 1 aliphatic rings. The summed E-state index contributed by atoms with van der Waals surface area (Å²) in [6.45, 7) is 0.862. The van der Waals surface area contributed by atoms with E-state index >= 15 is 0 Å². The van der Waals surface area contributed by atoms with E-state index < -0.39 is 0 Å². The minimum absolute atomic E-state index is 0.410. The zero-order valence-electron chi connectivity index (χ0n) is 6.60. The van der Waals surface area contributed by atoms with Crippen LogP contribution in [-0.2, 0) is 14.3 Å². The molecule has 0 atom stereocenters. The maximum atomic E-state index is 9.82. The Morgan fingerprint density at radius 1 is 1.50 bits per heavy atom. The van der Waals surface area contributed by atoms with Crippen LogP contribution in [0.3, 0.4) is 0 Å². The average molecular weight is 166 g/mol. The summed E-state index contributed by atoms with van der Waals surface area (Å²) in [4.78, 5) is 9.82. The number of ether oxygens (including phenoxy) is 2. The summed E-state index contributed by atoms with van der Waals surface area (Å²) in [7, 11) is 0. The molecule has 0 bridgehead atoms. The van der Waals surface area contributed by atoms with Gasteiger partial charge in [-0.2, -0.15) is 0 Å². The standard InChI is InChI=1S/C9H10O3/c10-8-12-7-4-9-2-1-5-11-6-3-9/h1-3,5-6,8H,4,7H2. The second-order valence-corrected chi connectivity index (χ2v) is 2.23. The van der Waals surface area contributed by atoms with Gasteiger partial charge in [0.15, 0.2) is 0 Å². The van der Waals surface area contributed by atoms with Crippen LogP contribution in [0.15, 0.2) is 36.3 Å². The quantitative estimate of drug-likeness (QED) is 0.469. The second-order valence-electron chi connectivity index (χ2n) is 2.23. The van der Waals surface area contributed by atoms with Crippen LogP contribution in [0, 0.1) is 0 Å². The lowest BCUT2D eigenvalue weighted by atomic mass is 10.2. The van der Waals surface area contributed by atoms with Gasteiger partial charge in [0, 0.05) is 6.42 Å². The van der Waals surface area contributed by atoms with Crippen LogP contribution < -0.4 is 0 Å². The van der Waals surface area contributed by atoms with Crippen molar-refractivity contribution in [2.45, 2.75) is 6.42 Å². The highest BCUT2D eigenvalue weighted by Gasteiger charge is 1.93. The van der Waals surface area contributed by atoms with E-state index in [9.17, 15) is 4.79 Å². The number of rotatable bonds is 4. The third-order valence-electron chi connectivity index (χ3n) is 1.40. The summed E-state index contributed by atoms with van der Waals surface area (Å²) in [5.41, 5.74) is 1.07. The van der Waals surface area contributed by atoms with Crippen LogP contribution in [-0.4, -0.2) is 13.1 Å². The van der Waals surface area contributed by atoms with Crippen molar-refractivity contribution in [3.63, 3.8) is 0 Å². The molecule has 0 spiro atoms. The van der Waals surface area contributed by atoms with Crippen LogP contribution in [0.5, 0.6) is 0 Å². The molecule has 0 unspecified atom stereocenters. The first-order valence-electron chi connectivity index (χ1n) is 3.66. The van der Waals surface area contributed by atoms with E-state index in [1.807, 2.05) is 12.2 Å². The number of hydrogen-bond donors (Lipinski definition) is 0. The molecule has 0 aromatic heterocycles. The van der Waals surface area contributed by atoms with Crippen LogP contribution in [0.25, 0.3) is 0 Å². The van der Waals surface area contributed by atoms with Crippen molar-refractivity contribution >= 4 is 6.47 Å². The number of carbonyl (C=O) groups excluding carboxylic acids is 1. The summed E-state index contributed by atoms with van der Waals surface area (Å²) in [6, 6.07) is 0. The lowest BCUT2D eigenvalue weighted by molar-refractivity contribution is -0.128. The van der Waals surface area contributed by atoms with Crippen molar-refractivity contribution in [2.75, 3.05) is 6.61 Å². The molecule has 1 aliphatic heterocycles. The topological polar surface area (TPSA) is 35.5 Å². The molecule has 3 heteroatoms. The Kier molecular flexibility index (Phi) is 3.71. The number of allylic oxidation sites excluding steroid dienone is 3. The SMILES string of the molecule is O=COCCC1=CC=COC=C1. The van der Waals surface area contributed by atoms with Crippen molar-refractivity contribution in [3.05, 3.63) is 36.3 Å². The van der Waals surface area contributed by atoms with Gasteiger partial charge < -0.3 is 9.47 Å². The molecule has 0 fully saturated rings. The van der Waals surface area contributed by atoms with E-state index in [1.165, 1.54) is 0 Å². The van der Waals surface area contributed by atoms with Crippen LogP contribution >= 0.6 is 0 Å². The molecule has 0 aromatic carbocycles. The first-order chi connectivity index (χ1) is 5.93. The summed E-state index contributed by atoms with van der Waals surface area (Å²) < 4.78 is 9.46. The minimum Gasteiger partial charge on any atom is -0.473 e. The lowest BCUT2D eigenvalue weighted by Crippen LogP contribution is -1.92. The van der Waals surface area contributed by atoms with Crippen molar-refractivity contribution in [2.24, 2.45) is 0 Å². The maximum absolute atomic E-state index is 9.82. The fraction of sp³-hybridized carbons (Fsp3) is 0.222. The van der Waals surface area contributed by atoms with Crippen molar-refractivity contribution in [3.8, 4) is 0 Å². The molecular formula is C9H10O3. The molecular weight excluding hydrogens is 156 g/mol. The van der Waals surface area contributed by atoms with Gasteiger partial charge in [0.1, 0.15) is 0 Å². The molecule has 64 valence electrons. The number of carbonyl (C=O) groups is 1. The van der Waals surface area contributed by atoms with Gasteiger partial charge in [-0.3, -0.25) is 4.79 Å². The Bertz CT molecular complexity index is 226. The Morgan fingerprint density at radius 2 is 2.42 bits per heavy atom. The molecule has 1 heterocycles. The molecule has 0 aliphatic carbocycles. The molecule has 0 radical (unpaired) electrons. The third kappa shape index (κ3) is 3.05. The lowest BCUT2D eigenvalue weighted by Gasteiger charge is -1.97. The van der Waals surface area contributed by atoms with E-state index in [2.05, 4.69) is 4.74 Å². The Labute approximate surface area is 71.0 Å². The van der Waals surface area contributed by atoms with Crippen molar-refractivity contribution < 1.29 is 14.3 Å². The molecule has 12 heavy (non-hydrogen) atoms. The molecule has 3 nitrogen and oxygen atoms in total. The predicted molar refractivity (Wildman–Crippen MR) is 44.1 cm³/mol. The summed E-state index contributed by atoms with van der Waals surface area (Å²) >= 11 is 0. The van der Waals surface area contributed by atoms with Crippen LogP contribution in [0.2, 0.25) is 0 Å². The first-order valence-corrected chi connectivity index (χ1v) is 3.66. The molecule has 0 saturated carbocycles. The normalized spacial score (nSPS) is 14.5. The Morgan fingerprint density at radius 3 is 3.25 bits per heavy atom. The van der Waals surface area contributed by atoms with Crippen LogP contribution in [0.1, 0.15) is 6.42 Å². The van der Waals surface area contributed by atoms with E-state index in [1.54, 1.807) is 18.6 Å². The first kappa shape index (κ1) is 8.59. The van der Waals surface area contributed by atoms with Gasteiger partial charge in [0.2, 0.25) is 0 Å².